The molecule has 15 nitrogen and oxygen atoms in total. The minimum Gasteiger partial charge on any atom is -0.494 e. The fourth-order valence-electron chi connectivity index (χ4n) is 5.20. The van der Waals surface area contributed by atoms with Gasteiger partial charge in [0, 0.05) is 24.7 Å². The van der Waals surface area contributed by atoms with Gasteiger partial charge in [-0.05, 0) is 81.5 Å². The Bertz CT molecular complexity index is 2070. The number of amides is 6. The van der Waals surface area contributed by atoms with Crippen LogP contribution in [0.15, 0.2) is 87.5 Å². The number of hydrogen-bond donors (Lipinski definition) is 5. The van der Waals surface area contributed by atoms with Gasteiger partial charge in [0.1, 0.15) is 11.1 Å². The average Bonchev–Trinajstić information content (AvgIpc) is 3.06. The van der Waals surface area contributed by atoms with Gasteiger partial charge in [0.2, 0.25) is 17.7 Å². The summed E-state index contributed by atoms with van der Waals surface area (Å²) >= 11 is 0. The van der Waals surface area contributed by atoms with E-state index in [-0.39, 0.29) is 40.7 Å². The van der Waals surface area contributed by atoms with Gasteiger partial charge < -0.3 is 20.6 Å². The number of nitrogens with zero attached hydrogens (tertiary/aromatic N) is 3. The maximum absolute atomic E-state index is 13.4. The van der Waals surface area contributed by atoms with Gasteiger partial charge in [-0.25, -0.2) is 19.1 Å². The highest BCUT2D eigenvalue weighted by Gasteiger charge is 2.36. The lowest BCUT2D eigenvalue weighted by Crippen LogP contribution is -2.54. The second-order valence-corrected chi connectivity index (χ2v) is 11.5. The molecule has 5 N–H and O–H groups in total. The monoisotopic (exact) mass is 697 g/mol. The number of nitrogens with one attached hydrogen (secondary N) is 4. The molecular formula is C36H39N7O8. The molecule has 15 heteroatoms. The molecule has 1 fully saturated rings. The normalized spacial score (nSPS) is 14.4. The predicted octanol–water partition coefficient (Wildman–Crippen LogP) is 3.42. The molecule has 1 aliphatic heterocycles. The van der Waals surface area contributed by atoms with Crippen LogP contribution in [0, 0.1) is 0 Å². The van der Waals surface area contributed by atoms with Crippen LogP contribution in [-0.4, -0.2) is 68.9 Å². The van der Waals surface area contributed by atoms with Crippen LogP contribution in [0.2, 0.25) is 0 Å². The van der Waals surface area contributed by atoms with Crippen LogP contribution in [0.25, 0.3) is 11.8 Å². The van der Waals surface area contributed by atoms with Crippen LogP contribution in [0.1, 0.15) is 46.1 Å². The van der Waals surface area contributed by atoms with Gasteiger partial charge in [0.15, 0.2) is 0 Å². The molecule has 1 saturated heterocycles. The Morgan fingerprint density at radius 3 is 2.24 bits per heavy atom. The standard InChI is InChI=1S/C36H39N7O8/c1-5-41(6-2)19-9-14-30(45)38-25-11-8-13-27(21-25)43-34(49)29(32(47)40-36(43)51)18-16-22(3)15-17-28-31(46)39-35(50)42(33(28)48)26-12-7-10-24(20-26)37-23(4)44/h7-8,10-13,15-18,20-21,46H,5-6,9,14,19H2,1-4H3,(H,37,44)(H,38,45)(H,39,50)(H,40,47,51). The van der Waals surface area contributed by atoms with E-state index in [1.54, 1.807) is 25.1 Å². The Hall–Kier alpha value is -6.35. The molecule has 0 atom stereocenters. The predicted molar refractivity (Wildman–Crippen MR) is 193 cm³/mol. The highest BCUT2D eigenvalue weighted by atomic mass is 16.3. The van der Waals surface area contributed by atoms with E-state index in [2.05, 4.69) is 39.7 Å². The first-order valence-electron chi connectivity index (χ1n) is 16.2. The van der Waals surface area contributed by atoms with Gasteiger partial charge in [-0.15, -0.1) is 0 Å². The van der Waals surface area contributed by atoms with E-state index in [0.29, 0.717) is 23.4 Å². The van der Waals surface area contributed by atoms with E-state index in [9.17, 15) is 38.7 Å². The van der Waals surface area contributed by atoms with Gasteiger partial charge >= 0.3 is 11.7 Å². The first-order chi connectivity index (χ1) is 24.3. The molecule has 0 radical (unpaired) electrons. The second-order valence-electron chi connectivity index (χ2n) is 11.5. The van der Waals surface area contributed by atoms with Gasteiger partial charge in [-0.2, -0.15) is 0 Å². The summed E-state index contributed by atoms with van der Waals surface area (Å²) in [5.41, 5.74) is -0.986. The lowest BCUT2D eigenvalue weighted by atomic mass is 10.1. The van der Waals surface area contributed by atoms with E-state index in [1.165, 1.54) is 61.6 Å². The number of anilines is 3. The number of carbonyl (C=O) groups is 5. The molecule has 51 heavy (non-hydrogen) atoms. The Balaban J connectivity index is 1.53. The van der Waals surface area contributed by atoms with Crippen molar-refractivity contribution in [1.82, 2.24) is 19.8 Å². The quantitative estimate of drug-likeness (QED) is 0.101. The van der Waals surface area contributed by atoms with Crippen molar-refractivity contribution in [2.24, 2.45) is 0 Å². The van der Waals surface area contributed by atoms with E-state index < -0.39 is 35.0 Å². The van der Waals surface area contributed by atoms with Gasteiger partial charge in [-0.3, -0.25) is 34.3 Å². The molecule has 266 valence electrons. The Labute approximate surface area is 293 Å². The van der Waals surface area contributed by atoms with E-state index in [4.69, 9.17) is 0 Å². The Morgan fingerprint density at radius 2 is 1.57 bits per heavy atom. The summed E-state index contributed by atoms with van der Waals surface area (Å²) in [5.74, 6) is -3.07. The number of imide groups is 2. The van der Waals surface area contributed by atoms with Gasteiger partial charge in [0.05, 0.1) is 11.4 Å². The number of urea groups is 1. The third kappa shape index (κ3) is 9.42. The SMILES string of the molecule is CCN(CC)CCCC(=O)Nc1cccc(N2C(=O)NC(=O)C(=CC=C(C)C=Cc3c(O)[nH]c(=O)n(-c4cccc(NC(C)=O)c4)c3=O)C2=O)c1. The maximum Gasteiger partial charge on any atom is 0.335 e. The molecule has 6 amide bonds. The zero-order valence-electron chi connectivity index (χ0n) is 28.6. The second kappa shape index (κ2) is 16.8. The number of aromatic nitrogens is 2. The number of hydrogen-bond acceptors (Lipinski definition) is 9. The molecule has 0 saturated carbocycles. The molecule has 0 bridgehead atoms. The van der Waals surface area contributed by atoms with Crippen molar-refractivity contribution in [2.75, 3.05) is 35.2 Å². The van der Waals surface area contributed by atoms with Crippen LogP contribution < -0.4 is 32.1 Å². The molecular weight excluding hydrogens is 658 g/mol. The van der Waals surface area contributed by atoms with Crippen LogP contribution >= 0.6 is 0 Å². The number of barbiturate groups is 1. The lowest BCUT2D eigenvalue weighted by molar-refractivity contribution is -0.123. The van der Waals surface area contributed by atoms with E-state index >= 15 is 0 Å². The highest BCUT2D eigenvalue weighted by Crippen LogP contribution is 2.24. The molecule has 2 heterocycles. The molecule has 3 aromatic rings. The zero-order chi connectivity index (χ0) is 37.2. The van der Waals surface area contributed by atoms with Crippen molar-refractivity contribution in [3.05, 3.63) is 104 Å². The Kier molecular flexibility index (Phi) is 12.4. The topological polar surface area (TPSA) is 203 Å². The van der Waals surface area contributed by atoms with Crippen LogP contribution in [0.4, 0.5) is 21.9 Å². The summed E-state index contributed by atoms with van der Waals surface area (Å²) in [6.45, 7) is 9.57. The summed E-state index contributed by atoms with van der Waals surface area (Å²) in [6.07, 6.45) is 6.21. The largest absolute Gasteiger partial charge is 0.494 e. The van der Waals surface area contributed by atoms with Gasteiger partial charge in [-0.1, -0.05) is 43.7 Å². The summed E-state index contributed by atoms with van der Waals surface area (Å²) in [4.78, 5) is 94.0. The lowest BCUT2D eigenvalue weighted by Gasteiger charge is -2.26. The maximum atomic E-state index is 13.4. The molecule has 0 aliphatic carbocycles. The summed E-state index contributed by atoms with van der Waals surface area (Å²) in [6, 6.07) is 11.2. The van der Waals surface area contributed by atoms with Crippen LogP contribution in [0.3, 0.4) is 0 Å². The van der Waals surface area contributed by atoms with Crippen LogP contribution in [0.5, 0.6) is 5.88 Å². The number of H-pyrrole nitrogens is 1. The van der Waals surface area contributed by atoms with Crippen molar-refractivity contribution in [3.8, 4) is 11.6 Å². The zero-order valence-corrected chi connectivity index (χ0v) is 28.6. The van der Waals surface area contributed by atoms with Gasteiger partial charge in [0.25, 0.3) is 17.4 Å². The summed E-state index contributed by atoms with van der Waals surface area (Å²) in [5, 5.41) is 17.9. The first kappa shape index (κ1) is 37.5. The van der Waals surface area contributed by atoms with Crippen molar-refractivity contribution in [2.45, 2.75) is 40.5 Å². The number of aromatic hydroxyl groups is 1. The highest BCUT2D eigenvalue weighted by molar-refractivity contribution is 6.37. The third-order valence-electron chi connectivity index (χ3n) is 7.83. The fraction of sp³-hybridized carbons (Fsp3) is 0.250. The van der Waals surface area contributed by atoms with E-state index in [0.717, 1.165) is 29.1 Å². The molecule has 1 aliphatic rings. The number of aromatic amines is 1. The molecule has 4 rings (SSSR count). The summed E-state index contributed by atoms with van der Waals surface area (Å²) < 4.78 is 0.788. The van der Waals surface area contributed by atoms with Crippen molar-refractivity contribution < 1.29 is 29.1 Å². The fourth-order valence-corrected chi connectivity index (χ4v) is 5.20. The average molecular weight is 698 g/mol. The minimum atomic E-state index is -0.960. The number of benzene rings is 2. The van der Waals surface area contributed by atoms with E-state index in [1.807, 2.05) is 0 Å². The summed E-state index contributed by atoms with van der Waals surface area (Å²) in [7, 11) is 0. The van der Waals surface area contributed by atoms with Crippen LogP contribution in [-0.2, 0) is 19.2 Å². The number of allylic oxidation sites excluding steroid dienone is 4. The molecule has 0 spiro atoms. The van der Waals surface area contributed by atoms with Crippen molar-refractivity contribution in [1.29, 1.82) is 0 Å². The number of carbonyl (C=O) groups excluding carboxylic acids is 5. The smallest absolute Gasteiger partial charge is 0.335 e. The first-order valence-corrected chi connectivity index (χ1v) is 16.2. The van der Waals surface area contributed by atoms with Crippen molar-refractivity contribution >= 4 is 52.8 Å². The van der Waals surface area contributed by atoms with Crippen molar-refractivity contribution in [3.63, 3.8) is 0 Å². The minimum absolute atomic E-state index is 0.130. The molecule has 2 aromatic carbocycles. The molecule has 1 aromatic heterocycles. The molecule has 0 unspecified atom stereocenters. The third-order valence-corrected chi connectivity index (χ3v) is 7.83. The number of rotatable bonds is 13. The Morgan fingerprint density at radius 1 is 0.922 bits per heavy atom.